The molecule has 0 aromatic carbocycles. The molecule has 130 valence electrons. The number of hydrogen-bond donors (Lipinski definition) is 0. The average molecular weight is 348 g/mol. The van der Waals surface area contributed by atoms with Gasteiger partial charge in [0.15, 0.2) is 16.7 Å². The van der Waals surface area contributed by atoms with Gasteiger partial charge in [-0.2, -0.15) is 0 Å². The van der Waals surface area contributed by atoms with E-state index >= 15 is 0 Å². The highest BCUT2D eigenvalue weighted by Crippen LogP contribution is 2.28. The maximum absolute atomic E-state index is 12.8. The molecule has 0 spiro atoms. The van der Waals surface area contributed by atoms with Crippen LogP contribution >= 0.6 is 11.8 Å². The zero-order valence-electron chi connectivity index (χ0n) is 14.6. The zero-order valence-corrected chi connectivity index (χ0v) is 15.4. The second-order valence-corrected chi connectivity index (χ2v) is 8.10. The molecular weight excluding hydrogens is 324 g/mol. The Hall–Kier alpha value is -1.76. The van der Waals surface area contributed by atoms with Crippen LogP contribution < -0.4 is 0 Å². The Balaban J connectivity index is 1.68. The average Bonchev–Trinajstić information content (AvgIpc) is 3.16. The van der Waals surface area contributed by atoms with Gasteiger partial charge >= 0.3 is 0 Å². The molecule has 0 unspecified atom stereocenters. The van der Waals surface area contributed by atoms with Gasteiger partial charge in [-0.3, -0.25) is 4.79 Å². The first-order chi connectivity index (χ1) is 11.5. The Bertz CT molecular complexity index is 688. The van der Waals surface area contributed by atoms with Crippen molar-refractivity contribution in [2.75, 3.05) is 13.1 Å². The van der Waals surface area contributed by atoms with Crippen LogP contribution in [0.15, 0.2) is 28.0 Å². The summed E-state index contributed by atoms with van der Waals surface area (Å²) in [6.07, 6.45) is 2.81. The lowest BCUT2D eigenvalue weighted by molar-refractivity contribution is -0.132. The van der Waals surface area contributed by atoms with Crippen LogP contribution in [0.3, 0.4) is 0 Å². The number of carbonyl (C=O) groups is 1. The normalized spacial score (nSPS) is 22.6. The summed E-state index contributed by atoms with van der Waals surface area (Å²) >= 11 is 1.45. The van der Waals surface area contributed by atoms with Crippen LogP contribution in [0, 0.1) is 11.8 Å². The van der Waals surface area contributed by atoms with Crippen LogP contribution in [0.1, 0.15) is 27.2 Å². The van der Waals surface area contributed by atoms with Crippen LogP contribution in [0.4, 0.5) is 0 Å². The summed E-state index contributed by atoms with van der Waals surface area (Å²) in [4.78, 5) is 14.8. The molecule has 1 amide bonds. The molecule has 0 bridgehead atoms. The fourth-order valence-electron chi connectivity index (χ4n) is 3.35. The van der Waals surface area contributed by atoms with Gasteiger partial charge < -0.3 is 13.9 Å². The second kappa shape index (κ2) is 7.01. The largest absolute Gasteiger partial charge is 0.461 e. The molecule has 1 fully saturated rings. The van der Waals surface area contributed by atoms with Gasteiger partial charge in [0.1, 0.15) is 0 Å². The summed E-state index contributed by atoms with van der Waals surface area (Å²) in [5, 5.41) is 8.93. The van der Waals surface area contributed by atoms with Gasteiger partial charge in [0.2, 0.25) is 5.91 Å². The fourth-order valence-corrected chi connectivity index (χ4v) is 4.25. The summed E-state index contributed by atoms with van der Waals surface area (Å²) in [5.74, 6) is 2.66. The maximum Gasteiger partial charge on any atom is 0.235 e. The maximum atomic E-state index is 12.8. The molecule has 1 aliphatic rings. The van der Waals surface area contributed by atoms with Gasteiger partial charge in [0.25, 0.3) is 0 Å². The summed E-state index contributed by atoms with van der Waals surface area (Å²) in [6, 6.07) is 3.67. The van der Waals surface area contributed by atoms with E-state index < -0.39 is 0 Å². The van der Waals surface area contributed by atoms with Crippen molar-refractivity contribution in [1.82, 2.24) is 19.7 Å². The lowest BCUT2D eigenvalue weighted by atomic mass is 9.92. The third-order valence-corrected chi connectivity index (χ3v) is 5.51. The summed E-state index contributed by atoms with van der Waals surface area (Å²) in [7, 11) is 1.89. The molecule has 0 radical (unpaired) electrons. The van der Waals surface area contributed by atoms with E-state index in [2.05, 4.69) is 24.0 Å². The highest BCUT2D eigenvalue weighted by Gasteiger charge is 2.29. The lowest BCUT2D eigenvalue weighted by Gasteiger charge is -2.36. The van der Waals surface area contributed by atoms with Crippen molar-refractivity contribution in [1.29, 1.82) is 0 Å². The van der Waals surface area contributed by atoms with Crippen molar-refractivity contribution in [3.63, 3.8) is 0 Å². The molecule has 1 saturated heterocycles. The Morgan fingerprint density at radius 2 is 2.04 bits per heavy atom. The number of likely N-dealkylation sites (tertiary alicyclic amines) is 1. The number of hydrogen-bond acceptors (Lipinski definition) is 5. The third kappa shape index (κ3) is 3.50. The number of furan rings is 1. The van der Waals surface area contributed by atoms with Gasteiger partial charge in [0.05, 0.1) is 11.5 Å². The van der Waals surface area contributed by atoms with Crippen LogP contribution in [0.5, 0.6) is 0 Å². The highest BCUT2D eigenvalue weighted by molar-refractivity contribution is 8.00. The Morgan fingerprint density at radius 3 is 2.67 bits per heavy atom. The third-order valence-electron chi connectivity index (χ3n) is 4.39. The highest BCUT2D eigenvalue weighted by atomic mass is 32.2. The first-order valence-corrected chi connectivity index (χ1v) is 9.22. The van der Waals surface area contributed by atoms with Crippen LogP contribution in [0.2, 0.25) is 0 Å². The topological polar surface area (TPSA) is 64.2 Å². The SMILES string of the molecule is C[C@@H]1C[C@H](C)CN(C(=O)[C@H](C)Sc2nnc(-c3ccco3)n2C)C1. The van der Waals surface area contributed by atoms with Gasteiger partial charge in [-0.05, 0) is 37.3 Å². The first kappa shape index (κ1) is 17.1. The number of thioether (sulfide) groups is 1. The molecule has 3 rings (SSSR count). The standard InChI is InChI=1S/C17H24N4O2S/c1-11-8-12(2)10-21(9-11)16(22)13(3)24-17-19-18-15(20(17)4)14-6-5-7-23-14/h5-7,11-13H,8-10H2,1-4H3/t11-,12+,13-/m0/s1. The van der Waals surface area contributed by atoms with Gasteiger partial charge in [0, 0.05) is 20.1 Å². The summed E-state index contributed by atoms with van der Waals surface area (Å²) in [5.41, 5.74) is 0. The summed E-state index contributed by atoms with van der Waals surface area (Å²) < 4.78 is 7.25. The van der Waals surface area contributed by atoms with E-state index in [0.29, 0.717) is 23.4 Å². The minimum absolute atomic E-state index is 0.181. The van der Waals surface area contributed by atoms with Gasteiger partial charge in [-0.25, -0.2) is 0 Å². The molecule has 0 aliphatic carbocycles. The van der Waals surface area contributed by atoms with Crippen molar-refractivity contribution < 1.29 is 9.21 Å². The molecule has 2 aromatic heterocycles. The van der Waals surface area contributed by atoms with Crippen LogP contribution in [0.25, 0.3) is 11.6 Å². The second-order valence-electron chi connectivity index (χ2n) is 6.79. The molecule has 3 atom stereocenters. The van der Waals surface area contributed by atoms with E-state index in [-0.39, 0.29) is 11.2 Å². The number of aromatic nitrogens is 3. The Kier molecular flexibility index (Phi) is 4.99. The van der Waals surface area contributed by atoms with Gasteiger partial charge in [-0.15, -0.1) is 10.2 Å². The lowest BCUT2D eigenvalue weighted by Crippen LogP contribution is -2.45. The summed E-state index contributed by atoms with van der Waals surface area (Å²) in [6.45, 7) is 8.07. The number of piperidine rings is 1. The van der Waals surface area contributed by atoms with Crippen LogP contribution in [-0.2, 0) is 11.8 Å². The van der Waals surface area contributed by atoms with Gasteiger partial charge in [-0.1, -0.05) is 25.6 Å². The molecule has 1 aliphatic heterocycles. The Labute approximate surface area is 146 Å². The molecule has 7 heteroatoms. The van der Waals surface area contributed by atoms with Crippen molar-refractivity contribution in [3.05, 3.63) is 18.4 Å². The van der Waals surface area contributed by atoms with Crippen molar-refractivity contribution in [2.45, 2.75) is 37.6 Å². The number of carbonyl (C=O) groups excluding carboxylic acids is 1. The molecule has 24 heavy (non-hydrogen) atoms. The minimum Gasteiger partial charge on any atom is -0.461 e. The molecule has 3 heterocycles. The number of nitrogens with zero attached hydrogens (tertiary/aromatic N) is 4. The van der Waals surface area contributed by atoms with Crippen molar-refractivity contribution in [3.8, 4) is 11.6 Å². The monoisotopic (exact) mass is 348 g/mol. The molecule has 6 nitrogen and oxygen atoms in total. The Morgan fingerprint density at radius 1 is 1.33 bits per heavy atom. The fraction of sp³-hybridized carbons (Fsp3) is 0.588. The van der Waals surface area contributed by atoms with Crippen molar-refractivity contribution in [2.24, 2.45) is 18.9 Å². The zero-order chi connectivity index (χ0) is 17.3. The first-order valence-electron chi connectivity index (χ1n) is 8.34. The van der Waals surface area contributed by atoms with Crippen LogP contribution in [-0.4, -0.2) is 43.9 Å². The smallest absolute Gasteiger partial charge is 0.235 e. The molecule has 2 aromatic rings. The minimum atomic E-state index is -0.185. The molecule has 0 N–H and O–H groups in total. The predicted molar refractivity (Wildman–Crippen MR) is 93.5 cm³/mol. The van der Waals surface area contributed by atoms with E-state index in [9.17, 15) is 4.79 Å². The van der Waals surface area contributed by atoms with E-state index in [0.717, 1.165) is 18.2 Å². The van der Waals surface area contributed by atoms with E-state index in [1.807, 2.05) is 35.6 Å². The van der Waals surface area contributed by atoms with E-state index in [4.69, 9.17) is 4.42 Å². The number of rotatable bonds is 4. The number of amides is 1. The quantitative estimate of drug-likeness (QED) is 0.795. The predicted octanol–water partition coefficient (Wildman–Crippen LogP) is 3.06. The van der Waals surface area contributed by atoms with E-state index in [1.54, 1.807) is 6.26 Å². The van der Waals surface area contributed by atoms with Crippen molar-refractivity contribution >= 4 is 17.7 Å². The molecule has 0 saturated carbocycles. The van der Waals surface area contributed by atoms with E-state index in [1.165, 1.54) is 18.2 Å². The molecular formula is C17H24N4O2S.